The van der Waals surface area contributed by atoms with Gasteiger partial charge in [0.05, 0.1) is 0 Å². The van der Waals surface area contributed by atoms with E-state index in [1.54, 1.807) is 0 Å². The molecule has 0 bridgehead atoms. The van der Waals surface area contributed by atoms with Gasteiger partial charge in [0, 0.05) is 12.1 Å². The van der Waals surface area contributed by atoms with Crippen molar-refractivity contribution in [3.05, 3.63) is 36.2 Å². The van der Waals surface area contributed by atoms with E-state index in [9.17, 15) is 0 Å². The molecule has 1 heterocycles. The lowest BCUT2D eigenvalue weighted by atomic mass is 10.1. The van der Waals surface area contributed by atoms with Crippen molar-refractivity contribution in [3.63, 3.8) is 0 Å². The van der Waals surface area contributed by atoms with Crippen LogP contribution in [0.15, 0.2) is 30.6 Å². The fraction of sp³-hybridized carbons (Fsp3) is 0.385. The highest BCUT2D eigenvalue weighted by molar-refractivity contribution is 7.78. The maximum atomic E-state index is 4.18. The molecule has 0 N–H and O–H groups in total. The fourth-order valence-corrected chi connectivity index (χ4v) is 1.76. The van der Waals surface area contributed by atoms with Crippen LogP contribution in [0.5, 0.6) is 0 Å². The second kappa shape index (κ2) is 7.18. The number of benzene rings is 1. The topological polar surface area (TPSA) is 34.0 Å². The van der Waals surface area contributed by atoms with E-state index in [-0.39, 0.29) is 0 Å². The normalized spacial score (nSPS) is 10.1. The van der Waals surface area contributed by atoms with Gasteiger partial charge in [0.25, 0.3) is 0 Å². The van der Waals surface area contributed by atoms with E-state index < -0.39 is 0 Å². The summed E-state index contributed by atoms with van der Waals surface area (Å²) in [5.41, 5.74) is 2.30. The first-order valence-corrected chi connectivity index (χ1v) is 6.40. The number of rotatable bonds is 3. The van der Waals surface area contributed by atoms with Crippen LogP contribution in [0.4, 0.5) is 0 Å². The van der Waals surface area contributed by atoms with Crippen LogP contribution < -0.4 is 0 Å². The zero-order chi connectivity index (χ0) is 13.5. The number of thiol groups is 1. The number of nitrogens with zero attached hydrogens (tertiary/aromatic N) is 4. The van der Waals surface area contributed by atoms with Gasteiger partial charge in [-0.25, -0.2) is 4.98 Å². The molecule has 0 aliphatic rings. The molecule has 0 amide bonds. The lowest BCUT2D eigenvalue weighted by Gasteiger charge is -2.09. The Balaban J connectivity index is 0.000000771. The minimum Gasteiger partial charge on any atom is -0.305 e. The fourth-order valence-electron chi connectivity index (χ4n) is 1.55. The summed E-state index contributed by atoms with van der Waals surface area (Å²) in [5, 5.41) is 3.93. The molecule has 18 heavy (non-hydrogen) atoms. The molecule has 98 valence electrons. The number of hydrogen-bond donors (Lipinski definition) is 1. The maximum Gasteiger partial charge on any atom is 0.169 e. The summed E-state index contributed by atoms with van der Waals surface area (Å²) in [6.45, 7) is 4.94. The molecule has 0 radical (unpaired) electrons. The Morgan fingerprint density at radius 2 is 1.78 bits per heavy atom. The van der Waals surface area contributed by atoms with Gasteiger partial charge in [-0.3, -0.25) is 0 Å². The van der Waals surface area contributed by atoms with Crippen LogP contribution in [0.3, 0.4) is 0 Å². The first kappa shape index (κ1) is 14.7. The van der Waals surface area contributed by atoms with Crippen molar-refractivity contribution in [1.29, 1.82) is 0 Å². The van der Waals surface area contributed by atoms with Gasteiger partial charge in [0.15, 0.2) is 5.82 Å². The van der Waals surface area contributed by atoms with Crippen LogP contribution in [0.1, 0.15) is 19.4 Å². The van der Waals surface area contributed by atoms with Crippen molar-refractivity contribution < 1.29 is 0 Å². The van der Waals surface area contributed by atoms with Crippen molar-refractivity contribution in [2.75, 3.05) is 14.1 Å². The van der Waals surface area contributed by atoms with Gasteiger partial charge < -0.3 is 4.90 Å². The van der Waals surface area contributed by atoms with Crippen molar-refractivity contribution in [2.45, 2.75) is 20.4 Å². The van der Waals surface area contributed by atoms with Gasteiger partial charge in [-0.1, -0.05) is 38.1 Å². The van der Waals surface area contributed by atoms with Crippen molar-refractivity contribution in [1.82, 2.24) is 19.1 Å². The van der Waals surface area contributed by atoms with Gasteiger partial charge in [-0.15, -0.1) is 5.10 Å². The summed E-state index contributed by atoms with van der Waals surface area (Å²) in [4.78, 5) is 6.28. The van der Waals surface area contributed by atoms with E-state index in [0.717, 1.165) is 17.9 Å². The van der Waals surface area contributed by atoms with Crippen LogP contribution in [-0.2, 0) is 6.54 Å². The van der Waals surface area contributed by atoms with E-state index in [2.05, 4.69) is 54.0 Å². The van der Waals surface area contributed by atoms with E-state index in [4.69, 9.17) is 0 Å². The molecule has 4 nitrogen and oxygen atoms in total. The Bertz CT molecular complexity index is 462. The molecule has 2 rings (SSSR count). The average Bonchev–Trinajstić information content (AvgIpc) is 2.78. The van der Waals surface area contributed by atoms with E-state index in [0.29, 0.717) is 0 Å². The molecule has 0 aliphatic carbocycles. The molecule has 0 aliphatic heterocycles. The number of aromatic nitrogens is 3. The first-order chi connectivity index (χ1) is 8.66. The molecule has 1 aromatic heterocycles. The molecule has 2 aromatic rings. The van der Waals surface area contributed by atoms with Crippen LogP contribution in [0.25, 0.3) is 11.4 Å². The summed E-state index contributed by atoms with van der Waals surface area (Å²) in [7, 11) is 4.11. The minimum absolute atomic E-state index is 0.764. The standard InChI is InChI=1S/C11H14N4S.C2H6/c1-14(2)7-9-3-5-10(6-4-9)11-12-8-13-15(11)16;1-2/h3-6,8,16H,7H2,1-2H3;1-2H3. The summed E-state index contributed by atoms with van der Waals surface area (Å²) < 4.78 is 1.47. The molecule has 0 spiro atoms. The lowest BCUT2D eigenvalue weighted by molar-refractivity contribution is 0.402. The molecule has 5 heteroatoms. The van der Waals surface area contributed by atoms with E-state index in [1.165, 1.54) is 16.0 Å². The Morgan fingerprint density at radius 3 is 2.22 bits per heavy atom. The molecule has 0 unspecified atom stereocenters. The van der Waals surface area contributed by atoms with E-state index >= 15 is 0 Å². The number of hydrogen-bond acceptors (Lipinski definition) is 4. The highest BCUT2D eigenvalue weighted by Crippen LogP contribution is 2.17. The summed E-state index contributed by atoms with van der Waals surface area (Å²) in [5.74, 6) is 0.764. The quantitative estimate of drug-likeness (QED) is 0.866. The molecular formula is C13H20N4S. The third kappa shape index (κ3) is 3.85. The summed E-state index contributed by atoms with van der Waals surface area (Å²) in [6.07, 6.45) is 1.50. The second-order valence-corrected chi connectivity index (χ2v) is 4.29. The van der Waals surface area contributed by atoms with Gasteiger partial charge in [0.2, 0.25) is 0 Å². The molecule has 0 saturated carbocycles. The van der Waals surface area contributed by atoms with Gasteiger partial charge in [-0.05, 0) is 32.5 Å². The van der Waals surface area contributed by atoms with Gasteiger partial charge >= 0.3 is 0 Å². The second-order valence-electron chi connectivity index (χ2n) is 3.91. The zero-order valence-corrected chi connectivity index (χ0v) is 12.2. The van der Waals surface area contributed by atoms with Crippen LogP contribution in [-0.4, -0.2) is 33.2 Å². The Morgan fingerprint density at radius 1 is 1.17 bits per heavy atom. The Kier molecular flexibility index (Phi) is 5.88. The average molecular weight is 264 g/mol. The molecule has 1 aromatic carbocycles. The third-order valence-corrected chi connectivity index (χ3v) is 2.53. The monoisotopic (exact) mass is 264 g/mol. The highest BCUT2D eigenvalue weighted by atomic mass is 32.1. The smallest absolute Gasteiger partial charge is 0.169 e. The summed E-state index contributed by atoms with van der Waals surface area (Å²) >= 11 is 4.18. The Labute approximate surface area is 114 Å². The molecule has 0 fully saturated rings. The molecular weight excluding hydrogens is 244 g/mol. The Hall–Kier alpha value is -1.33. The first-order valence-electron chi connectivity index (χ1n) is 6.00. The predicted octanol–water partition coefficient (Wildman–Crippen LogP) is 2.73. The zero-order valence-electron chi connectivity index (χ0n) is 11.3. The summed E-state index contributed by atoms with van der Waals surface area (Å²) in [6, 6.07) is 8.26. The lowest BCUT2D eigenvalue weighted by Crippen LogP contribution is -2.10. The van der Waals surface area contributed by atoms with Crippen LogP contribution in [0, 0.1) is 0 Å². The molecule has 0 saturated heterocycles. The largest absolute Gasteiger partial charge is 0.305 e. The molecule has 0 atom stereocenters. The van der Waals surface area contributed by atoms with Crippen LogP contribution in [0.2, 0.25) is 0 Å². The van der Waals surface area contributed by atoms with Crippen molar-refractivity contribution in [2.24, 2.45) is 0 Å². The SMILES string of the molecule is CC.CN(C)Cc1ccc(-c2ncnn2S)cc1. The highest BCUT2D eigenvalue weighted by Gasteiger charge is 2.04. The predicted molar refractivity (Wildman–Crippen MR) is 78.6 cm³/mol. The minimum atomic E-state index is 0.764. The maximum absolute atomic E-state index is 4.18. The van der Waals surface area contributed by atoms with Gasteiger partial charge in [-0.2, -0.15) is 4.09 Å². The third-order valence-electron chi connectivity index (χ3n) is 2.24. The van der Waals surface area contributed by atoms with Crippen molar-refractivity contribution in [3.8, 4) is 11.4 Å². The van der Waals surface area contributed by atoms with Crippen LogP contribution >= 0.6 is 12.8 Å². The van der Waals surface area contributed by atoms with Crippen molar-refractivity contribution >= 4 is 12.8 Å². The van der Waals surface area contributed by atoms with E-state index in [1.807, 2.05) is 26.0 Å². The van der Waals surface area contributed by atoms with Gasteiger partial charge in [0.1, 0.15) is 6.33 Å².